The van der Waals surface area contributed by atoms with Crippen LogP contribution in [0.15, 0.2) is 42.5 Å². The maximum absolute atomic E-state index is 11.1. The predicted octanol–water partition coefficient (Wildman–Crippen LogP) is 1.94. The van der Waals surface area contributed by atoms with Crippen LogP contribution in [0.5, 0.6) is 0 Å². The molecular weight excluding hydrogens is 272 g/mol. The van der Waals surface area contributed by atoms with Gasteiger partial charge >= 0.3 is 0 Å². The summed E-state index contributed by atoms with van der Waals surface area (Å²) in [5, 5.41) is 13.9. The van der Waals surface area contributed by atoms with Crippen LogP contribution in [0.3, 0.4) is 0 Å². The van der Waals surface area contributed by atoms with Gasteiger partial charge < -0.3 is 11.1 Å². The Morgan fingerprint density at radius 2 is 1.95 bits per heavy atom. The molecule has 1 unspecified atom stereocenters. The van der Waals surface area contributed by atoms with E-state index < -0.39 is 16.9 Å². The van der Waals surface area contributed by atoms with Gasteiger partial charge in [-0.15, -0.1) is 0 Å². The molecule has 0 radical (unpaired) electrons. The Bertz CT molecular complexity index is 673. The number of aromatic nitrogens is 1. The van der Waals surface area contributed by atoms with Crippen LogP contribution in [0.1, 0.15) is 6.92 Å². The maximum atomic E-state index is 11.1. The lowest BCUT2D eigenvalue weighted by molar-refractivity contribution is -0.384. The van der Waals surface area contributed by atoms with Crippen molar-refractivity contribution >= 4 is 17.4 Å². The molecule has 1 atom stereocenters. The number of anilines is 1. The molecule has 21 heavy (non-hydrogen) atoms. The third-order valence-corrected chi connectivity index (χ3v) is 2.91. The SMILES string of the molecule is CC(Nc1ccc([N+](=O)[O-])c(-c2ccccc2)n1)C(N)=O. The summed E-state index contributed by atoms with van der Waals surface area (Å²) in [6.45, 7) is 1.59. The van der Waals surface area contributed by atoms with Crippen LogP contribution >= 0.6 is 0 Å². The standard InChI is InChI=1S/C14H14N4O3/c1-9(14(15)19)16-12-8-7-11(18(20)21)13(17-12)10-5-3-2-4-6-10/h2-9H,1H3,(H2,15,19)(H,16,17). The second-order valence-electron chi connectivity index (χ2n) is 4.46. The van der Waals surface area contributed by atoms with Gasteiger partial charge in [-0.05, 0) is 13.0 Å². The second-order valence-corrected chi connectivity index (χ2v) is 4.46. The summed E-state index contributed by atoms with van der Waals surface area (Å²) >= 11 is 0. The van der Waals surface area contributed by atoms with Gasteiger partial charge in [0.15, 0.2) is 5.69 Å². The number of carbonyl (C=O) groups is 1. The van der Waals surface area contributed by atoms with Crippen molar-refractivity contribution in [2.75, 3.05) is 5.32 Å². The van der Waals surface area contributed by atoms with Gasteiger partial charge in [0.2, 0.25) is 5.91 Å². The van der Waals surface area contributed by atoms with Crippen LogP contribution in [-0.2, 0) is 4.79 Å². The van der Waals surface area contributed by atoms with E-state index in [4.69, 9.17) is 5.73 Å². The highest BCUT2D eigenvalue weighted by molar-refractivity contribution is 5.82. The molecule has 0 bridgehead atoms. The zero-order valence-corrected chi connectivity index (χ0v) is 11.3. The first-order chi connectivity index (χ1) is 9.99. The molecule has 7 nitrogen and oxygen atoms in total. The Balaban J connectivity index is 2.45. The van der Waals surface area contributed by atoms with E-state index in [2.05, 4.69) is 10.3 Å². The zero-order chi connectivity index (χ0) is 15.4. The average Bonchev–Trinajstić information content (AvgIpc) is 2.47. The Hall–Kier alpha value is -2.96. The van der Waals surface area contributed by atoms with E-state index in [-0.39, 0.29) is 11.4 Å². The first-order valence-corrected chi connectivity index (χ1v) is 6.25. The predicted molar refractivity (Wildman–Crippen MR) is 78.6 cm³/mol. The van der Waals surface area contributed by atoms with Crippen molar-refractivity contribution in [1.82, 2.24) is 4.98 Å². The van der Waals surface area contributed by atoms with E-state index in [9.17, 15) is 14.9 Å². The Kier molecular flexibility index (Phi) is 4.13. The molecule has 0 saturated heterocycles. The molecule has 0 aliphatic heterocycles. The molecule has 2 aromatic rings. The zero-order valence-electron chi connectivity index (χ0n) is 11.3. The maximum Gasteiger partial charge on any atom is 0.295 e. The quantitative estimate of drug-likeness (QED) is 0.644. The normalized spacial score (nSPS) is 11.7. The van der Waals surface area contributed by atoms with Gasteiger partial charge in [0, 0.05) is 11.6 Å². The van der Waals surface area contributed by atoms with Crippen molar-refractivity contribution in [3.63, 3.8) is 0 Å². The molecule has 2 rings (SSSR count). The third-order valence-electron chi connectivity index (χ3n) is 2.91. The molecule has 0 aliphatic carbocycles. The van der Waals surface area contributed by atoms with Crippen LogP contribution in [0.2, 0.25) is 0 Å². The van der Waals surface area contributed by atoms with Crippen LogP contribution < -0.4 is 11.1 Å². The Morgan fingerprint density at radius 3 is 2.52 bits per heavy atom. The van der Waals surface area contributed by atoms with Crippen LogP contribution in [0.4, 0.5) is 11.5 Å². The van der Waals surface area contributed by atoms with Crippen molar-refractivity contribution in [3.8, 4) is 11.3 Å². The molecule has 1 aromatic heterocycles. The fourth-order valence-corrected chi connectivity index (χ4v) is 1.78. The molecule has 0 aliphatic rings. The van der Waals surface area contributed by atoms with E-state index in [1.54, 1.807) is 31.2 Å². The van der Waals surface area contributed by atoms with Crippen molar-refractivity contribution in [1.29, 1.82) is 0 Å². The summed E-state index contributed by atoms with van der Waals surface area (Å²) in [6.07, 6.45) is 0. The lowest BCUT2D eigenvalue weighted by Crippen LogP contribution is -2.32. The average molecular weight is 286 g/mol. The van der Waals surface area contributed by atoms with Crippen molar-refractivity contribution < 1.29 is 9.72 Å². The number of rotatable bonds is 5. The molecule has 1 aromatic carbocycles. The molecule has 1 amide bonds. The number of amides is 1. The first-order valence-electron chi connectivity index (χ1n) is 6.25. The van der Waals surface area contributed by atoms with Gasteiger partial charge in [0.25, 0.3) is 5.69 Å². The fourth-order valence-electron chi connectivity index (χ4n) is 1.78. The number of benzene rings is 1. The molecule has 3 N–H and O–H groups in total. The number of nitrogens with two attached hydrogens (primary N) is 1. The Morgan fingerprint density at radius 1 is 1.29 bits per heavy atom. The number of nitrogens with zero attached hydrogens (tertiary/aromatic N) is 2. The third kappa shape index (κ3) is 3.33. The summed E-state index contributed by atoms with van der Waals surface area (Å²) in [4.78, 5) is 25.9. The minimum absolute atomic E-state index is 0.0986. The lowest BCUT2D eigenvalue weighted by Gasteiger charge is -2.12. The van der Waals surface area contributed by atoms with Crippen LogP contribution in [-0.4, -0.2) is 21.9 Å². The van der Waals surface area contributed by atoms with Crippen molar-refractivity contribution in [2.24, 2.45) is 5.73 Å². The number of hydrogen-bond acceptors (Lipinski definition) is 5. The van der Waals surface area contributed by atoms with Crippen molar-refractivity contribution in [2.45, 2.75) is 13.0 Å². The number of nitro groups is 1. The van der Waals surface area contributed by atoms with E-state index in [1.165, 1.54) is 12.1 Å². The Labute approximate surface area is 121 Å². The summed E-state index contributed by atoms with van der Waals surface area (Å²) < 4.78 is 0. The molecule has 1 heterocycles. The highest BCUT2D eigenvalue weighted by atomic mass is 16.6. The topological polar surface area (TPSA) is 111 Å². The van der Waals surface area contributed by atoms with Crippen LogP contribution in [0, 0.1) is 10.1 Å². The van der Waals surface area contributed by atoms with E-state index in [1.807, 2.05) is 6.07 Å². The van der Waals surface area contributed by atoms with E-state index in [0.29, 0.717) is 11.4 Å². The monoisotopic (exact) mass is 286 g/mol. The minimum atomic E-state index is -0.623. The molecule has 0 fully saturated rings. The number of hydrogen-bond donors (Lipinski definition) is 2. The molecule has 0 spiro atoms. The van der Waals surface area contributed by atoms with E-state index >= 15 is 0 Å². The van der Waals surface area contributed by atoms with Crippen molar-refractivity contribution in [3.05, 3.63) is 52.6 Å². The summed E-state index contributed by atoms with van der Waals surface area (Å²) in [7, 11) is 0. The molecular formula is C14H14N4O3. The molecule has 0 saturated carbocycles. The smallest absolute Gasteiger partial charge is 0.295 e. The summed E-state index contributed by atoms with van der Waals surface area (Å²) in [5.41, 5.74) is 5.94. The van der Waals surface area contributed by atoms with Gasteiger partial charge in [-0.2, -0.15) is 0 Å². The van der Waals surface area contributed by atoms with E-state index in [0.717, 1.165) is 0 Å². The minimum Gasteiger partial charge on any atom is -0.368 e. The van der Waals surface area contributed by atoms with Gasteiger partial charge in [0.05, 0.1) is 4.92 Å². The molecule has 108 valence electrons. The highest BCUT2D eigenvalue weighted by Crippen LogP contribution is 2.29. The second kappa shape index (κ2) is 6.00. The first kappa shape index (κ1) is 14.4. The van der Waals surface area contributed by atoms with Gasteiger partial charge in [-0.1, -0.05) is 30.3 Å². The number of carbonyl (C=O) groups excluding carboxylic acids is 1. The summed E-state index contributed by atoms with van der Waals surface area (Å²) in [5.74, 6) is -0.179. The highest BCUT2D eigenvalue weighted by Gasteiger charge is 2.18. The van der Waals surface area contributed by atoms with Gasteiger partial charge in [-0.3, -0.25) is 14.9 Å². The van der Waals surface area contributed by atoms with Crippen LogP contribution in [0.25, 0.3) is 11.3 Å². The fraction of sp³-hybridized carbons (Fsp3) is 0.143. The van der Waals surface area contributed by atoms with Gasteiger partial charge in [-0.25, -0.2) is 4.98 Å². The molecule has 7 heteroatoms. The van der Waals surface area contributed by atoms with Gasteiger partial charge in [0.1, 0.15) is 11.9 Å². The number of pyridine rings is 1. The lowest BCUT2D eigenvalue weighted by atomic mass is 10.1. The largest absolute Gasteiger partial charge is 0.368 e. The number of nitrogens with one attached hydrogen (secondary N) is 1. The number of primary amides is 1. The summed E-state index contributed by atoms with van der Waals surface area (Å²) in [6, 6.07) is 11.0.